The van der Waals surface area contributed by atoms with Crippen LogP contribution in [0.25, 0.3) is 0 Å². The number of phenolic OH excluding ortho intramolecular Hbond substituents is 1. The molecule has 2 rings (SSSR count). The number of rotatable bonds is 2. The van der Waals surface area contributed by atoms with Crippen molar-refractivity contribution in [2.75, 3.05) is 11.9 Å². The van der Waals surface area contributed by atoms with Gasteiger partial charge in [-0.1, -0.05) is 6.07 Å². The van der Waals surface area contributed by atoms with Crippen molar-refractivity contribution in [2.24, 2.45) is 5.92 Å². The molecule has 1 unspecified atom stereocenters. The number of anilines is 1. The van der Waals surface area contributed by atoms with Crippen molar-refractivity contribution in [3.63, 3.8) is 0 Å². The van der Waals surface area contributed by atoms with Crippen LogP contribution in [0.4, 0.5) is 5.69 Å². The summed E-state index contributed by atoms with van der Waals surface area (Å²) in [7, 11) is 0. The molecule has 5 nitrogen and oxygen atoms in total. The molecule has 5 heteroatoms. The van der Waals surface area contributed by atoms with E-state index in [1.54, 1.807) is 19.1 Å². The fraction of sp³-hybridized carbons (Fsp3) is 0.385. The molecule has 2 amide bonds. The molecule has 1 aliphatic rings. The zero-order valence-corrected chi connectivity index (χ0v) is 10.2. The topological polar surface area (TPSA) is 78.4 Å². The first kappa shape index (κ1) is 12.4. The average molecular weight is 248 g/mol. The SMILES string of the molecule is Cc1ccc(NC(=O)C2CCC(=O)NC2)cc1O. The largest absolute Gasteiger partial charge is 0.508 e. The van der Waals surface area contributed by atoms with E-state index in [-0.39, 0.29) is 23.5 Å². The van der Waals surface area contributed by atoms with Crippen LogP contribution in [0, 0.1) is 12.8 Å². The molecule has 1 saturated heterocycles. The monoisotopic (exact) mass is 248 g/mol. The number of hydrogen-bond acceptors (Lipinski definition) is 3. The highest BCUT2D eigenvalue weighted by atomic mass is 16.3. The maximum Gasteiger partial charge on any atom is 0.229 e. The lowest BCUT2D eigenvalue weighted by atomic mass is 9.98. The Balaban J connectivity index is 1.98. The second-order valence-corrected chi connectivity index (χ2v) is 4.53. The minimum absolute atomic E-state index is 0.00738. The average Bonchev–Trinajstić information content (AvgIpc) is 2.34. The van der Waals surface area contributed by atoms with Crippen LogP contribution in [-0.4, -0.2) is 23.5 Å². The summed E-state index contributed by atoms with van der Waals surface area (Å²) >= 11 is 0. The standard InChI is InChI=1S/C13H16N2O3/c1-8-2-4-10(6-11(8)16)15-13(18)9-3-5-12(17)14-7-9/h2,4,6,9,16H,3,5,7H2,1H3,(H,14,17)(H,15,18). The van der Waals surface area contributed by atoms with Crippen LogP contribution in [0.2, 0.25) is 0 Å². The van der Waals surface area contributed by atoms with Gasteiger partial charge in [0, 0.05) is 24.7 Å². The first-order valence-corrected chi connectivity index (χ1v) is 5.93. The molecule has 0 spiro atoms. The summed E-state index contributed by atoms with van der Waals surface area (Å²) in [4.78, 5) is 22.9. The van der Waals surface area contributed by atoms with Gasteiger partial charge in [0.1, 0.15) is 5.75 Å². The van der Waals surface area contributed by atoms with Crippen molar-refractivity contribution < 1.29 is 14.7 Å². The van der Waals surface area contributed by atoms with Gasteiger partial charge >= 0.3 is 0 Å². The molecule has 0 aromatic heterocycles. The fourth-order valence-electron chi connectivity index (χ4n) is 1.89. The molecule has 0 aliphatic carbocycles. The van der Waals surface area contributed by atoms with Crippen molar-refractivity contribution in [3.8, 4) is 5.75 Å². The number of aromatic hydroxyl groups is 1. The highest BCUT2D eigenvalue weighted by Crippen LogP contribution is 2.22. The van der Waals surface area contributed by atoms with Crippen LogP contribution in [0.3, 0.4) is 0 Å². The fourth-order valence-corrected chi connectivity index (χ4v) is 1.89. The Morgan fingerprint density at radius 2 is 2.28 bits per heavy atom. The van der Waals surface area contributed by atoms with E-state index in [0.29, 0.717) is 25.1 Å². The normalized spacial score (nSPS) is 19.2. The Kier molecular flexibility index (Phi) is 3.50. The number of carbonyl (C=O) groups is 2. The summed E-state index contributed by atoms with van der Waals surface area (Å²) in [5.74, 6) is -0.179. The number of phenols is 1. The maximum atomic E-state index is 11.9. The summed E-state index contributed by atoms with van der Waals surface area (Å²) < 4.78 is 0. The molecule has 96 valence electrons. The Hall–Kier alpha value is -2.04. The van der Waals surface area contributed by atoms with Gasteiger partial charge in [0.2, 0.25) is 11.8 Å². The number of carbonyl (C=O) groups excluding carboxylic acids is 2. The lowest BCUT2D eigenvalue weighted by Gasteiger charge is -2.21. The molecule has 1 heterocycles. The van der Waals surface area contributed by atoms with Crippen LogP contribution in [-0.2, 0) is 9.59 Å². The molecule has 1 atom stereocenters. The second-order valence-electron chi connectivity index (χ2n) is 4.53. The van der Waals surface area contributed by atoms with Crippen molar-refractivity contribution in [3.05, 3.63) is 23.8 Å². The number of nitrogens with one attached hydrogen (secondary N) is 2. The van der Waals surface area contributed by atoms with E-state index in [0.717, 1.165) is 5.56 Å². The lowest BCUT2D eigenvalue weighted by molar-refractivity contribution is -0.126. The van der Waals surface area contributed by atoms with Gasteiger partial charge in [0.25, 0.3) is 0 Å². The highest BCUT2D eigenvalue weighted by Gasteiger charge is 2.24. The van der Waals surface area contributed by atoms with Gasteiger partial charge in [-0.3, -0.25) is 9.59 Å². The number of amides is 2. The van der Waals surface area contributed by atoms with Gasteiger partial charge in [-0.2, -0.15) is 0 Å². The molecule has 0 saturated carbocycles. The van der Waals surface area contributed by atoms with Crippen LogP contribution >= 0.6 is 0 Å². The maximum absolute atomic E-state index is 11.9. The number of aryl methyl sites for hydroxylation is 1. The van der Waals surface area contributed by atoms with E-state index >= 15 is 0 Å². The minimum atomic E-state index is -0.203. The number of piperidine rings is 1. The van der Waals surface area contributed by atoms with Crippen LogP contribution < -0.4 is 10.6 Å². The van der Waals surface area contributed by atoms with E-state index in [9.17, 15) is 14.7 Å². The van der Waals surface area contributed by atoms with Gasteiger partial charge in [0.05, 0.1) is 5.92 Å². The first-order valence-electron chi connectivity index (χ1n) is 5.93. The minimum Gasteiger partial charge on any atom is -0.508 e. The van der Waals surface area contributed by atoms with Gasteiger partial charge in [-0.15, -0.1) is 0 Å². The zero-order valence-electron chi connectivity index (χ0n) is 10.2. The third-order valence-electron chi connectivity index (χ3n) is 3.11. The van der Waals surface area contributed by atoms with E-state index < -0.39 is 0 Å². The Morgan fingerprint density at radius 3 is 2.89 bits per heavy atom. The molecule has 3 N–H and O–H groups in total. The van der Waals surface area contributed by atoms with Gasteiger partial charge < -0.3 is 15.7 Å². The summed E-state index contributed by atoms with van der Waals surface area (Å²) in [6.45, 7) is 2.17. The third kappa shape index (κ3) is 2.80. The van der Waals surface area contributed by atoms with E-state index in [1.807, 2.05) is 0 Å². The highest BCUT2D eigenvalue weighted by molar-refractivity contribution is 5.94. The first-order chi connectivity index (χ1) is 8.56. The van der Waals surface area contributed by atoms with Gasteiger partial charge in [-0.05, 0) is 25.0 Å². The molecule has 0 radical (unpaired) electrons. The lowest BCUT2D eigenvalue weighted by Crippen LogP contribution is -2.40. The van der Waals surface area contributed by atoms with E-state index in [2.05, 4.69) is 10.6 Å². The van der Waals surface area contributed by atoms with Crippen molar-refractivity contribution in [1.82, 2.24) is 5.32 Å². The van der Waals surface area contributed by atoms with Crippen molar-refractivity contribution in [2.45, 2.75) is 19.8 Å². The molecule has 1 aromatic rings. The second kappa shape index (κ2) is 5.08. The molecule has 18 heavy (non-hydrogen) atoms. The predicted octanol–water partition coefficient (Wildman–Crippen LogP) is 1.17. The Labute approximate surface area is 105 Å². The summed E-state index contributed by atoms with van der Waals surface area (Å²) in [5.41, 5.74) is 1.33. The van der Waals surface area contributed by atoms with Gasteiger partial charge in [-0.25, -0.2) is 0 Å². The van der Waals surface area contributed by atoms with Gasteiger partial charge in [0.15, 0.2) is 0 Å². The third-order valence-corrected chi connectivity index (χ3v) is 3.11. The Morgan fingerprint density at radius 1 is 1.50 bits per heavy atom. The van der Waals surface area contributed by atoms with E-state index in [4.69, 9.17) is 0 Å². The smallest absolute Gasteiger partial charge is 0.229 e. The summed E-state index contributed by atoms with van der Waals surface area (Å²) in [6, 6.07) is 5.01. The summed E-state index contributed by atoms with van der Waals surface area (Å²) in [5, 5.41) is 15.0. The van der Waals surface area contributed by atoms with Crippen molar-refractivity contribution >= 4 is 17.5 Å². The number of benzene rings is 1. The zero-order chi connectivity index (χ0) is 13.1. The molecule has 1 fully saturated rings. The predicted molar refractivity (Wildman–Crippen MR) is 67.2 cm³/mol. The number of hydrogen-bond donors (Lipinski definition) is 3. The van der Waals surface area contributed by atoms with Crippen LogP contribution in [0.5, 0.6) is 5.75 Å². The van der Waals surface area contributed by atoms with Crippen molar-refractivity contribution in [1.29, 1.82) is 0 Å². The molecular weight excluding hydrogens is 232 g/mol. The van der Waals surface area contributed by atoms with E-state index in [1.165, 1.54) is 6.07 Å². The Bertz CT molecular complexity index is 475. The molecule has 0 bridgehead atoms. The van der Waals surface area contributed by atoms with Crippen LogP contribution in [0.1, 0.15) is 18.4 Å². The molecule has 1 aromatic carbocycles. The summed E-state index contributed by atoms with van der Waals surface area (Å²) in [6.07, 6.45) is 0.951. The molecule has 1 aliphatic heterocycles. The molecular formula is C13H16N2O3. The quantitative estimate of drug-likeness (QED) is 0.735. The van der Waals surface area contributed by atoms with Crippen LogP contribution in [0.15, 0.2) is 18.2 Å².